The number of benzene rings is 2. The predicted molar refractivity (Wildman–Crippen MR) is 172 cm³/mol. The number of piperidine rings is 1. The van der Waals surface area contributed by atoms with E-state index in [1.54, 1.807) is 12.3 Å². The highest BCUT2D eigenvalue weighted by molar-refractivity contribution is 7.15. The second-order valence-electron chi connectivity index (χ2n) is 11.7. The van der Waals surface area contributed by atoms with Crippen LogP contribution < -0.4 is 16.2 Å². The Morgan fingerprint density at radius 3 is 2.52 bits per heavy atom. The minimum Gasteiger partial charge on any atom is -0.324 e. The molecule has 5 aromatic rings. The lowest BCUT2D eigenvalue weighted by molar-refractivity contribution is -0.137. The fourth-order valence-electron chi connectivity index (χ4n) is 5.89. The molecule has 4 heterocycles. The van der Waals surface area contributed by atoms with Crippen LogP contribution in [0.1, 0.15) is 48.7 Å². The number of hydrogen-bond donors (Lipinski definition) is 2. The van der Waals surface area contributed by atoms with E-state index in [4.69, 9.17) is 0 Å². The Morgan fingerprint density at radius 1 is 1.07 bits per heavy atom. The third-order valence-electron chi connectivity index (χ3n) is 8.06. The van der Waals surface area contributed by atoms with Crippen molar-refractivity contribution in [2.75, 3.05) is 18.4 Å². The van der Waals surface area contributed by atoms with E-state index >= 15 is 0 Å². The molecule has 0 spiro atoms. The van der Waals surface area contributed by atoms with Crippen molar-refractivity contribution in [2.24, 2.45) is 5.92 Å². The first-order valence-electron chi connectivity index (χ1n) is 14.8. The van der Waals surface area contributed by atoms with Crippen LogP contribution in [0.25, 0.3) is 32.6 Å². The number of aromatic nitrogens is 3. The van der Waals surface area contributed by atoms with Gasteiger partial charge in [0.15, 0.2) is 0 Å². The molecule has 0 saturated carbocycles. The van der Waals surface area contributed by atoms with Gasteiger partial charge in [0.1, 0.15) is 5.65 Å². The molecule has 2 N–H and O–H groups in total. The molecule has 3 aromatic heterocycles. The van der Waals surface area contributed by atoms with Gasteiger partial charge in [0.25, 0.3) is 5.56 Å². The van der Waals surface area contributed by atoms with Gasteiger partial charge in [-0.05, 0) is 112 Å². The maximum atomic E-state index is 14.4. The van der Waals surface area contributed by atoms with E-state index in [2.05, 4.69) is 32.7 Å². The van der Waals surface area contributed by atoms with Crippen LogP contribution in [0.5, 0.6) is 0 Å². The molecule has 0 bridgehead atoms. The highest BCUT2D eigenvalue weighted by atomic mass is 32.1. The number of thiophene rings is 1. The number of hydrogen-bond acceptors (Lipinski definition) is 6. The second kappa shape index (κ2) is 12.2. The fraction of sp³-hybridized carbons (Fsp3) is 0.324. The number of halogens is 3. The molecule has 1 saturated heterocycles. The summed E-state index contributed by atoms with van der Waals surface area (Å²) < 4.78 is 44.6. The van der Waals surface area contributed by atoms with Crippen LogP contribution in [-0.4, -0.2) is 27.6 Å². The number of fused-ring (bicyclic) bond motifs is 1. The van der Waals surface area contributed by atoms with E-state index in [-0.39, 0.29) is 17.2 Å². The van der Waals surface area contributed by atoms with Crippen LogP contribution in [0.2, 0.25) is 0 Å². The van der Waals surface area contributed by atoms with Crippen molar-refractivity contribution in [3.8, 4) is 21.6 Å². The molecule has 2 aromatic carbocycles. The number of pyridine rings is 1. The van der Waals surface area contributed by atoms with Gasteiger partial charge in [-0.25, -0.2) is 4.98 Å². The molecule has 1 aliphatic heterocycles. The number of aryl methyl sites for hydroxylation is 1. The third-order valence-corrected chi connectivity index (χ3v) is 9.11. The minimum absolute atomic E-state index is 0.0412. The minimum atomic E-state index is -4.66. The van der Waals surface area contributed by atoms with Gasteiger partial charge in [-0.15, -0.1) is 11.3 Å². The SMILES string of the molecule is Cc1ccc(-c2ccc(-c3cc4cnc(Nc5ccc(CC6CCCNC6)cc5)nc4n(C(C)C)c3=O)c(C(F)(F)F)c2)s1. The lowest BCUT2D eigenvalue weighted by atomic mass is 9.92. The molecule has 10 heteroatoms. The Kier molecular flexibility index (Phi) is 8.30. The lowest BCUT2D eigenvalue weighted by Gasteiger charge is -2.22. The largest absolute Gasteiger partial charge is 0.417 e. The van der Waals surface area contributed by atoms with Gasteiger partial charge < -0.3 is 10.6 Å². The van der Waals surface area contributed by atoms with E-state index in [1.807, 2.05) is 45.0 Å². The van der Waals surface area contributed by atoms with Crippen molar-refractivity contribution < 1.29 is 13.2 Å². The van der Waals surface area contributed by atoms with Gasteiger partial charge in [0.05, 0.1) is 5.56 Å². The van der Waals surface area contributed by atoms with Gasteiger partial charge in [0, 0.05) is 38.6 Å². The Labute approximate surface area is 258 Å². The molecule has 228 valence electrons. The molecule has 0 amide bonds. The zero-order valence-electron chi connectivity index (χ0n) is 24.8. The molecule has 0 aliphatic carbocycles. The maximum Gasteiger partial charge on any atom is 0.417 e. The van der Waals surface area contributed by atoms with E-state index in [1.165, 1.54) is 46.4 Å². The van der Waals surface area contributed by atoms with Gasteiger partial charge in [-0.3, -0.25) is 9.36 Å². The summed E-state index contributed by atoms with van der Waals surface area (Å²) in [6.45, 7) is 7.67. The number of nitrogens with zero attached hydrogens (tertiary/aromatic N) is 3. The van der Waals surface area contributed by atoms with Crippen LogP contribution in [0.3, 0.4) is 0 Å². The van der Waals surface area contributed by atoms with Crippen LogP contribution >= 0.6 is 11.3 Å². The number of alkyl halides is 3. The molecule has 1 fully saturated rings. The summed E-state index contributed by atoms with van der Waals surface area (Å²) in [7, 11) is 0. The summed E-state index contributed by atoms with van der Waals surface area (Å²) >= 11 is 1.42. The van der Waals surface area contributed by atoms with Gasteiger partial charge in [-0.2, -0.15) is 18.2 Å². The van der Waals surface area contributed by atoms with Crippen molar-refractivity contribution in [3.63, 3.8) is 0 Å². The Balaban J connectivity index is 1.35. The van der Waals surface area contributed by atoms with Gasteiger partial charge in [-0.1, -0.05) is 24.3 Å². The van der Waals surface area contributed by atoms with Crippen LogP contribution in [0.4, 0.5) is 24.8 Å². The van der Waals surface area contributed by atoms with Crippen molar-refractivity contribution in [2.45, 2.75) is 52.3 Å². The fourth-order valence-corrected chi connectivity index (χ4v) is 6.76. The summed E-state index contributed by atoms with van der Waals surface area (Å²) in [6, 6.07) is 17.1. The van der Waals surface area contributed by atoms with Crippen LogP contribution in [0, 0.1) is 12.8 Å². The quantitative estimate of drug-likeness (QED) is 0.192. The van der Waals surface area contributed by atoms with Crippen LogP contribution in [0.15, 0.2) is 71.7 Å². The van der Waals surface area contributed by atoms with E-state index in [9.17, 15) is 18.0 Å². The summed E-state index contributed by atoms with van der Waals surface area (Å²) in [6.07, 6.45) is 0.351. The van der Waals surface area contributed by atoms with E-state index in [0.717, 1.165) is 41.0 Å². The lowest BCUT2D eigenvalue weighted by Crippen LogP contribution is -2.30. The predicted octanol–water partition coefficient (Wildman–Crippen LogP) is 8.38. The standard InChI is InChI=1S/C34H34F3N5OS/c1-20(2)42-31-25(19-39-33(41-31)40-26-10-7-22(8-11-26)15-23-5-4-14-38-18-23)16-28(32(42)43)27-12-9-24(17-29(27)34(35,36)37)30-13-6-21(3)44-30/h6-13,16-17,19-20,23,38H,4-5,14-15,18H2,1-3H3,(H,39,40,41). The van der Waals surface area contributed by atoms with E-state index < -0.39 is 17.3 Å². The molecule has 6 nitrogen and oxygen atoms in total. The van der Waals surface area contributed by atoms with Crippen molar-refractivity contribution in [1.29, 1.82) is 0 Å². The second-order valence-corrected chi connectivity index (χ2v) is 13.0. The third kappa shape index (κ3) is 6.27. The average molecular weight is 618 g/mol. The topological polar surface area (TPSA) is 71.8 Å². The molecule has 1 atom stereocenters. The Bertz CT molecular complexity index is 1850. The first-order chi connectivity index (χ1) is 21.1. The normalized spacial score (nSPS) is 15.7. The molecule has 0 radical (unpaired) electrons. The van der Waals surface area contributed by atoms with Gasteiger partial charge >= 0.3 is 6.18 Å². The molecular formula is C34H34F3N5OS. The summed E-state index contributed by atoms with van der Waals surface area (Å²) in [5, 5.41) is 7.15. The van der Waals surface area contributed by atoms with Crippen molar-refractivity contribution in [1.82, 2.24) is 19.9 Å². The average Bonchev–Trinajstić information content (AvgIpc) is 3.43. The monoisotopic (exact) mass is 617 g/mol. The smallest absolute Gasteiger partial charge is 0.324 e. The molecule has 1 aliphatic rings. The van der Waals surface area contributed by atoms with E-state index in [0.29, 0.717) is 28.5 Å². The number of anilines is 2. The summed E-state index contributed by atoms with van der Waals surface area (Å²) in [5.41, 5.74) is 1.29. The first kappa shape index (κ1) is 30.0. The number of rotatable bonds is 7. The summed E-state index contributed by atoms with van der Waals surface area (Å²) in [5.74, 6) is 0.939. The zero-order chi connectivity index (χ0) is 31.0. The Morgan fingerprint density at radius 2 is 1.86 bits per heavy atom. The Hall–Kier alpha value is -4.02. The molecule has 6 rings (SSSR count). The van der Waals surface area contributed by atoms with Crippen LogP contribution in [-0.2, 0) is 12.6 Å². The maximum absolute atomic E-state index is 14.4. The molecule has 1 unspecified atom stereocenters. The molecular weight excluding hydrogens is 583 g/mol. The van der Waals surface area contributed by atoms with Crippen molar-refractivity contribution >= 4 is 34.0 Å². The first-order valence-corrected chi connectivity index (χ1v) is 15.7. The molecule has 44 heavy (non-hydrogen) atoms. The van der Waals surface area contributed by atoms with Crippen molar-refractivity contribution in [3.05, 3.63) is 93.2 Å². The highest BCUT2D eigenvalue weighted by Crippen LogP contribution is 2.40. The number of nitrogens with one attached hydrogen (secondary N) is 2. The van der Waals surface area contributed by atoms with Gasteiger partial charge in [0.2, 0.25) is 5.95 Å². The highest BCUT2D eigenvalue weighted by Gasteiger charge is 2.35. The zero-order valence-corrected chi connectivity index (χ0v) is 25.6. The summed E-state index contributed by atoms with van der Waals surface area (Å²) in [4.78, 5) is 24.7.